The fourth-order valence-corrected chi connectivity index (χ4v) is 9.13. The summed E-state index contributed by atoms with van der Waals surface area (Å²) in [6, 6.07) is 0. The first-order chi connectivity index (χ1) is 11.5. The minimum absolute atomic E-state index is 0.505. The molecule has 0 radical (unpaired) electrons. The Labute approximate surface area is 147 Å². The lowest BCUT2D eigenvalue weighted by Crippen LogP contribution is -2.51. The van der Waals surface area contributed by atoms with Crippen LogP contribution in [0.2, 0.25) is 0 Å². The van der Waals surface area contributed by atoms with Gasteiger partial charge in [-0.15, -0.1) is 0 Å². The second-order valence-corrected chi connectivity index (χ2v) is 10.3. The number of carbonyl (C=O) groups is 1. The summed E-state index contributed by atoms with van der Waals surface area (Å²) in [7, 11) is 0. The lowest BCUT2D eigenvalue weighted by atomic mass is 9.46. The third-order valence-corrected chi connectivity index (χ3v) is 10.2. The van der Waals surface area contributed by atoms with Gasteiger partial charge in [0.25, 0.3) is 0 Å². The maximum absolute atomic E-state index is 12.1. The Balaban J connectivity index is 1.57. The molecule has 0 N–H and O–H groups in total. The fourth-order valence-electron chi connectivity index (χ4n) is 9.13. The maximum atomic E-state index is 12.1. The summed E-state index contributed by atoms with van der Waals surface area (Å²) in [5, 5.41) is 0. The summed E-state index contributed by atoms with van der Waals surface area (Å²) in [5.41, 5.74) is 5.29. The molecule has 5 rings (SSSR count). The van der Waals surface area contributed by atoms with Crippen molar-refractivity contribution in [1.82, 2.24) is 0 Å². The van der Waals surface area contributed by atoms with Crippen LogP contribution in [-0.2, 0) is 4.79 Å². The molecule has 0 aliphatic heterocycles. The van der Waals surface area contributed by atoms with Crippen molar-refractivity contribution in [1.29, 1.82) is 0 Å². The number of Topliss-reactive ketones (excluding diaryl/α,β-unsaturated/α-hetero) is 1. The van der Waals surface area contributed by atoms with Crippen molar-refractivity contribution in [3.8, 4) is 0 Å². The normalized spacial score (nSPS) is 53.0. The van der Waals surface area contributed by atoms with Gasteiger partial charge in [-0.2, -0.15) is 0 Å². The van der Waals surface area contributed by atoms with Crippen LogP contribution in [0.25, 0.3) is 0 Å². The number of fused-ring (bicyclic) bond motifs is 2. The van der Waals surface area contributed by atoms with Crippen LogP contribution in [0.3, 0.4) is 0 Å². The molecular weight excluding hydrogens is 292 g/mol. The Hall–Kier alpha value is -0.590. The molecule has 0 saturated heterocycles. The molecule has 0 amide bonds. The molecule has 0 aromatic rings. The van der Waals surface area contributed by atoms with Crippen LogP contribution in [0, 0.1) is 34.0 Å². The standard InChI is InChI=1S/C23H34O/c1-4-22-9-11-23(12-10-22)19-6-5-16-14-17(24)13-15(2)20(16)18(19)7-8-21(22,23)3/h15,18-19H,4-14H2,1-3H3/t15?,18-,19+,21+,22?,23?/m0/s1. The minimum atomic E-state index is 0.505. The van der Waals surface area contributed by atoms with Crippen molar-refractivity contribution >= 4 is 5.78 Å². The van der Waals surface area contributed by atoms with Gasteiger partial charge >= 0.3 is 0 Å². The second kappa shape index (κ2) is 4.77. The van der Waals surface area contributed by atoms with Gasteiger partial charge in [-0.3, -0.25) is 4.79 Å². The lowest BCUT2D eigenvalue weighted by Gasteiger charge is -2.59. The summed E-state index contributed by atoms with van der Waals surface area (Å²) >= 11 is 0. The van der Waals surface area contributed by atoms with Gasteiger partial charge in [0.05, 0.1) is 0 Å². The highest BCUT2D eigenvalue weighted by Crippen LogP contribution is 2.81. The topological polar surface area (TPSA) is 17.1 Å². The van der Waals surface area contributed by atoms with E-state index in [0.29, 0.717) is 27.9 Å². The van der Waals surface area contributed by atoms with Gasteiger partial charge in [0, 0.05) is 12.8 Å². The van der Waals surface area contributed by atoms with Crippen LogP contribution < -0.4 is 0 Å². The molecule has 3 fully saturated rings. The smallest absolute Gasteiger partial charge is 0.137 e. The molecule has 4 atom stereocenters. The van der Waals surface area contributed by atoms with Gasteiger partial charge < -0.3 is 0 Å². The van der Waals surface area contributed by atoms with E-state index in [9.17, 15) is 4.79 Å². The van der Waals surface area contributed by atoms with Gasteiger partial charge in [-0.25, -0.2) is 0 Å². The number of hydrogen-bond acceptors (Lipinski definition) is 1. The van der Waals surface area contributed by atoms with Gasteiger partial charge in [0.2, 0.25) is 0 Å². The van der Waals surface area contributed by atoms with E-state index < -0.39 is 0 Å². The third-order valence-electron chi connectivity index (χ3n) is 10.2. The Morgan fingerprint density at radius 3 is 2.54 bits per heavy atom. The largest absolute Gasteiger partial charge is 0.299 e. The Morgan fingerprint density at radius 1 is 1.08 bits per heavy atom. The zero-order valence-electron chi connectivity index (χ0n) is 15.9. The van der Waals surface area contributed by atoms with Crippen LogP contribution in [-0.4, -0.2) is 5.78 Å². The molecule has 5 aliphatic carbocycles. The van der Waals surface area contributed by atoms with E-state index >= 15 is 0 Å². The predicted molar refractivity (Wildman–Crippen MR) is 97.6 cm³/mol. The lowest BCUT2D eigenvalue weighted by molar-refractivity contribution is -0.120. The second-order valence-electron chi connectivity index (χ2n) is 10.3. The average molecular weight is 327 g/mol. The van der Waals surface area contributed by atoms with Crippen LogP contribution in [0.1, 0.15) is 91.4 Å². The molecule has 0 spiro atoms. The summed E-state index contributed by atoms with van der Waals surface area (Å²) in [6.07, 6.45) is 14.6. The molecule has 0 aromatic carbocycles. The molecule has 2 bridgehead atoms. The van der Waals surface area contributed by atoms with E-state index in [2.05, 4.69) is 20.8 Å². The highest BCUT2D eigenvalue weighted by molar-refractivity contribution is 5.83. The van der Waals surface area contributed by atoms with Crippen molar-refractivity contribution in [2.45, 2.75) is 91.4 Å². The van der Waals surface area contributed by atoms with Gasteiger partial charge in [-0.1, -0.05) is 31.9 Å². The van der Waals surface area contributed by atoms with Crippen molar-refractivity contribution in [3.63, 3.8) is 0 Å². The maximum Gasteiger partial charge on any atom is 0.137 e. The van der Waals surface area contributed by atoms with Crippen LogP contribution in [0.4, 0.5) is 0 Å². The zero-order valence-corrected chi connectivity index (χ0v) is 15.9. The molecule has 3 saturated carbocycles. The van der Waals surface area contributed by atoms with Gasteiger partial charge in [-0.05, 0) is 91.8 Å². The zero-order chi connectivity index (χ0) is 16.7. The summed E-state index contributed by atoms with van der Waals surface area (Å²) < 4.78 is 0. The molecule has 24 heavy (non-hydrogen) atoms. The number of rotatable bonds is 1. The summed E-state index contributed by atoms with van der Waals surface area (Å²) in [6.45, 7) is 7.51. The molecular formula is C23H34O. The van der Waals surface area contributed by atoms with E-state index in [1.807, 2.05) is 0 Å². The van der Waals surface area contributed by atoms with Crippen molar-refractivity contribution < 1.29 is 4.79 Å². The van der Waals surface area contributed by atoms with Crippen molar-refractivity contribution in [3.05, 3.63) is 11.1 Å². The average Bonchev–Trinajstić information content (AvgIpc) is 2.98. The highest BCUT2D eigenvalue weighted by atomic mass is 16.1. The molecule has 1 nitrogen and oxygen atoms in total. The fraction of sp³-hybridized carbons (Fsp3) is 0.870. The number of carbonyl (C=O) groups excluding carboxylic acids is 1. The first-order valence-electron chi connectivity index (χ1n) is 10.7. The third kappa shape index (κ3) is 1.57. The van der Waals surface area contributed by atoms with Crippen LogP contribution in [0.5, 0.6) is 0 Å². The summed E-state index contributed by atoms with van der Waals surface area (Å²) in [5.74, 6) is 2.80. The molecule has 132 valence electrons. The Bertz CT molecular complexity index is 618. The minimum Gasteiger partial charge on any atom is -0.299 e. The number of hydrogen-bond donors (Lipinski definition) is 0. The van der Waals surface area contributed by atoms with E-state index in [1.165, 1.54) is 57.8 Å². The monoisotopic (exact) mass is 326 g/mol. The molecule has 0 aromatic heterocycles. The van der Waals surface area contributed by atoms with E-state index in [0.717, 1.165) is 24.7 Å². The van der Waals surface area contributed by atoms with E-state index in [1.54, 1.807) is 11.1 Å². The molecule has 1 heteroatoms. The predicted octanol–water partition coefficient (Wildman–Crippen LogP) is 6.08. The summed E-state index contributed by atoms with van der Waals surface area (Å²) in [4.78, 5) is 12.1. The quantitative estimate of drug-likeness (QED) is 0.534. The molecule has 1 unspecified atom stereocenters. The number of ketones is 1. The molecule has 0 heterocycles. The van der Waals surface area contributed by atoms with E-state index in [-0.39, 0.29) is 0 Å². The SMILES string of the molecule is CCC12CCC3(CC1)[C@@H]1CCC4=C(C(C)CC(=O)C4)[C@H]1CC[C@]23C. The van der Waals surface area contributed by atoms with Gasteiger partial charge in [0.1, 0.15) is 5.78 Å². The Kier molecular flexibility index (Phi) is 3.11. The molecule has 5 aliphatic rings. The Morgan fingerprint density at radius 2 is 1.83 bits per heavy atom. The van der Waals surface area contributed by atoms with E-state index in [4.69, 9.17) is 0 Å². The van der Waals surface area contributed by atoms with Crippen molar-refractivity contribution in [2.75, 3.05) is 0 Å². The number of allylic oxidation sites excluding steroid dienone is 2. The first-order valence-corrected chi connectivity index (χ1v) is 10.7. The van der Waals surface area contributed by atoms with Crippen molar-refractivity contribution in [2.24, 2.45) is 34.0 Å². The highest BCUT2D eigenvalue weighted by Gasteiger charge is 2.72. The van der Waals surface area contributed by atoms with Crippen LogP contribution in [0.15, 0.2) is 11.1 Å². The van der Waals surface area contributed by atoms with Gasteiger partial charge in [0.15, 0.2) is 0 Å². The van der Waals surface area contributed by atoms with Crippen LogP contribution >= 0.6 is 0 Å². The first kappa shape index (κ1) is 15.6.